The first-order valence-corrected chi connectivity index (χ1v) is 5.10. The van der Waals surface area contributed by atoms with E-state index in [4.69, 9.17) is 5.11 Å². The first-order valence-electron chi connectivity index (χ1n) is 5.10. The van der Waals surface area contributed by atoms with Crippen LogP contribution in [0.5, 0.6) is 0 Å². The van der Waals surface area contributed by atoms with Crippen molar-refractivity contribution in [2.75, 3.05) is 6.61 Å². The minimum atomic E-state index is 0.289. The summed E-state index contributed by atoms with van der Waals surface area (Å²) in [6, 6.07) is 3.76. The SMILES string of the molecule is O=Cc1ccc(CCCCCCO)[nH]1. The van der Waals surface area contributed by atoms with Crippen LogP contribution in [0.4, 0.5) is 0 Å². The van der Waals surface area contributed by atoms with Gasteiger partial charge in [0, 0.05) is 12.3 Å². The number of aldehydes is 1. The van der Waals surface area contributed by atoms with Crippen LogP contribution in [0.15, 0.2) is 12.1 Å². The van der Waals surface area contributed by atoms with Gasteiger partial charge in [-0.05, 0) is 31.4 Å². The van der Waals surface area contributed by atoms with E-state index in [9.17, 15) is 4.79 Å². The third-order valence-corrected chi connectivity index (χ3v) is 2.25. The van der Waals surface area contributed by atoms with Gasteiger partial charge in [-0.3, -0.25) is 4.79 Å². The minimum Gasteiger partial charge on any atom is -0.396 e. The van der Waals surface area contributed by atoms with Gasteiger partial charge in [0.05, 0.1) is 5.69 Å². The second kappa shape index (κ2) is 6.38. The van der Waals surface area contributed by atoms with Crippen molar-refractivity contribution in [3.63, 3.8) is 0 Å². The van der Waals surface area contributed by atoms with Crippen molar-refractivity contribution in [2.45, 2.75) is 32.1 Å². The number of carbonyl (C=O) groups excluding carboxylic acids is 1. The second-order valence-corrected chi connectivity index (χ2v) is 3.44. The van der Waals surface area contributed by atoms with Gasteiger partial charge in [-0.15, -0.1) is 0 Å². The molecule has 0 atom stereocenters. The molecule has 0 aromatic carbocycles. The van der Waals surface area contributed by atoms with Gasteiger partial charge in [-0.2, -0.15) is 0 Å². The number of unbranched alkanes of at least 4 members (excludes halogenated alkanes) is 3. The molecule has 2 N–H and O–H groups in total. The van der Waals surface area contributed by atoms with Crippen molar-refractivity contribution < 1.29 is 9.90 Å². The Balaban J connectivity index is 2.14. The fourth-order valence-electron chi connectivity index (χ4n) is 1.45. The van der Waals surface area contributed by atoms with Crippen molar-refractivity contribution in [3.05, 3.63) is 23.5 Å². The predicted octanol–water partition coefficient (Wildman–Crippen LogP) is 1.92. The summed E-state index contributed by atoms with van der Waals surface area (Å²) in [7, 11) is 0. The molecule has 3 nitrogen and oxygen atoms in total. The molecular weight excluding hydrogens is 178 g/mol. The highest BCUT2D eigenvalue weighted by Crippen LogP contribution is 2.07. The minimum absolute atomic E-state index is 0.289. The number of hydrogen-bond acceptors (Lipinski definition) is 2. The summed E-state index contributed by atoms with van der Waals surface area (Å²) in [6.07, 6.45) is 6.03. The number of rotatable bonds is 7. The summed E-state index contributed by atoms with van der Waals surface area (Å²) in [5.74, 6) is 0. The maximum absolute atomic E-state index is 10.4. The number of carbonyl (C=O) groups is 1. The van der Waals surface area contributed by atoms with Crippen molar-refractivity contribution in [1.29, 1.82) is 0 Å². The van der Waals surface area contributed by atoms with Gasteiger partial charge in [0.1, 0.15) is 0 Å². The molecule has 0 aliphatic heterocycles. The average Bonchev–Trinajstić information content (AvgIpc) is 2.65. The normalized spacial score (nSPS) is 10.4. The van der Waals surface area contributed by atoms with Crippen LogP contribution in [-0.4, -0.2) is 23.0 Å². The molecule has 0 fully saturated rings. The number of aryl methyl sites for hydroxylation is 1. The lowest BCUT2D eigenvalue weighted by atomic mass is 10.1. The Morgan fingerprint density at radius 2 is 2.00 bits per heavy atom. The van der Waals surface area contributed by atoms with E-state index in [1.54, 1.807) is 6.07 Å². The summed E-state index contributed by atoms with van der Waals surface area (Å²) in [5.41, 5.74) is 1.77. The van der Waals surface area contributed by atoms with Crippen LogP contribution < -0.4 is 0 Å². The van der Waals surface area contributed by atoms with Crippen molar-refractivity contribution >= 4 is 6.29 Å². The topological polar surface area (TPSA) is 53.1 Å². The number of aliphatic hydroxyl groups excluding tert-OH is 1. The molecule has 0 bridgehead atoms. The Morgan fingerprint density at radius 1 is 1.21 bits per heavy atom. The van der Waals surface area contributed by atoms with Crippen LogP contribution in [0, 0.1) is 0 Å². The Labute approximate surface area is 84.2 Å². The first kappa shape index (κ1) is 11.0. The lowest BCUT2D eigenvalue weighted by Crippen LogP contribution is -1.88. The molecule has 1 aromatic heterocycles. The second-order valence-electron chi connectivity index (χ2n) is 3.44. The fraction of sp³-hybridized carbons (Fsp3) is 0.545. The van der Waals surface area contributed by atoms with Crippen LogP contribution in [0.25, 0.3) is 0 Å². The number of nitrogens with one attached hydrogen (secondary N) is 1. The number of aromatic nitrogens is 1. The Hall–Kier alpha value is -1.09. The first-order chi connectivity index (χ1) is 6.86. The summed E-state index contributed by atoms with van der Waals surface area (Å²) >= 11 is 0. The van der Waals surface area contributed by atoms with E-state index in [0.717, 1.165) is 44.1 Å². The maximum Gasteiger partial charge on any atom is 0.166 e. The summed E-state index contributed by atoms with van der Waals surface area (Å²) < 4.78 is 0. The van der Waals surface area contributed by atoms with E-state index in [1.165, 1.54) is 0 Å². The molecule has 0 aliphatic carbocycles. The fourth-order valence-corrected chi connectivity index (χ4v) is 1.45. The molecule has 0 radical (unpaired) electrons. The molecule has 0 aliphatic rings. The lowest BCUT2D eigenvalue weighted by molar-refractivity contribution is 0.111. The molecule has 1 aromatic rings. The number of aliphatic hydroxyl groups is 1. The van der Waals surface area contributed by atoms with E-state index >= 15 is 0 Å². The molecule has 0 saturated carbocycles. The van der Waals surface area contributed by atoms with Crippen LogP contribution in [0.3, 0.4) is 0 Å². The van der Waals surface area contributed by atoms with Gasteiger partial charge < -0.3 is 10.1 Å². The van der Waals surface area contributed by atoms with Gasteiger partial charge in [-0.1, -0.05) is 12.8 Å². The van der Waals surface area contributed by atoms with Crippen molar-refractivity contribution in [1.82, 2.24) is 4.98 Å². The smallest absolute Gasteiger partial charge is 0.166 e. The standard InChI is InChI=1S/C11H17NO2/c13-8-4-2-1-3-5-10-6-7-11(9-14)12-10/h6-7,9,12-13H,1-5,8H2. The van der Waals surface area contributed by atoms with Crippen LogP contribution >= 0.6 is 0 Å². The highest BCUT2D eigenvalue weighted by molar-refractivity contribution is 5.71. The molecule has 0 amide bonds. The molecular formula is C11H17NO2. The van der Waals surface area contributed by atoms with E-state index < -0.39 is 0 Å². The van der Waals surface area contributed by atoms with E-state index in [0.29, 0.717) is 5.69 Å². The van der Waals surface area contributed by atoms with Crippen LogP contribution in [0.2, 0.25) is 0 Å². The van der Waals surface area contributed by atoms with Gasteiger partial charge >= 0.3 is 0 Å². The molecule has 0 saturated heterocycles. The summed E-state index contributed by atoms with van der Waals surface area (Å²) in [5, 5.41) is 8.57. The zero-order valence-electron chi connectivity index (χ0n) is 8.33. The van der Waals surface area contributed by atoms with E-state index in [-0.39, 0.29) is 6.61 Å². The molecule has 1 rings (SSSR count). The third kappa shape index (κ3) is 3.75. The predicted molar refractivity (Wildman–Crippen MR) is 55.4 cm³/mol. The molecule has 0 spiro atoms. The highest BCUT2D eigenvalue weighted by atomic mass is 16.2. The molecule has 78 valence electrons. The van der Waals surface area contributed by atoms with Crippen LogP contribution in [0.1, 0.15) is 41.9 Å². The summed E-state index contributed by atoms with van der Waals surface area (Å²) in [4.78, 5) is 13.4. The Kier molecular flexibility index (Phi) is 5.00. The molecule has 3 heteroatoms. The van der Waals surface area contributed by atoms with Gasteiger partial charge in [0.25, 0.3) is 0 Å². The van der Waals surface area contributed by atoms with E-state index in [2.05, 4.69) is 4.98 Å². The maximum atomic E-state index is 10.4. The van der Waals surface area contributed by atoms with E-state index in [1.807, 2.05) is 6.07 Å². The number of hydrogen-bond donors (Lipinski definition) is 2. The molecule has 14 heavy (non-hydrogen) atoms. The quantitative estimate of drug-likeness (QED) is 0.516. The van der Waals surface area contributed by atoms with Crippen molar-refractivity contribution in [2.24, 2.45) is 0 Å². The zero-order valence-corrected chi connectivity index (χ0v) is 8.33. The number of H-pyrrole nitrogens is 1. The summed E-state index contributed by atoms with van der Waals surface area (Å²) in [6.45, 7) is 0.289. The Morgan fingerprint density at radius 3 is 2.64 bits per heavy atom. The van der Waals surface area contributed by atoms with Crippen LogP contribution in [-0.2, 0) is 6.42 Å². The Bertz CT molecular complexity index is 268. The third-order valence-electron chi connectivity index (χ3n) is 2.25. The monoisotopic (exact) mass is 195 g/mol. The van der Waals surface area contributed by atoms with Gasteiger partial charge in [0.2, 0.25) is 0 Å². The largest absolute Gasteiger partial charge is 0.396 e. The molecule has 0 unspecified atom stereocenters. The van der Waals surface area contributed by atoms with Gasteiger partial charge in [-0.25, -0.2) is 0 Å². The number of aromatic amines is 1. The zero-order chi connectivity index (χ0) is 10.2. The molecule has 1 heterocycles. The van der Waals surface area contributed by atoms with Crippen molar-refractivity contribution in [3.8, 4) is 0 Å². The average molecular weight is 195 g/mol. The highest BCUT2D eigenvalue weighted by Gasteiger charge is 1.97. The van der Waals surface area contributed by atoms with Gasteiger partial charge in [0.15, 0.2) is 6.29 Å². The lowest BCUT2D eigenvalue weighted by Gasteiger charge is -1.98.